The van der Waals surface area contributed by atoms with Gasteiger partial charge in [-0.1, -0.05) is 71.7 Å². The van der Waals surface area contributed by atoms with E-state index < -0.39 is 11.9 Å². The van der Waals surface area contributed by atoms with Gasteiger partial charge in [0, 0.05) is 12.2 Å². The third-order valence-corrected chi connectivity index (χ3v) is 6.99. The molecule has 3 aromatic carbocycles. The molecule has 5 nitrogen and oxygen atoms in total. The first-order valence-corrected chi connectivity index (χ1v) is 12.4. The SMILES string of the molecule is Cc1ccc(C)c(NC(=S)N(CCc2ccccc2)[C@H]2CC(=O)N(c3c(Cl)cccc3Cl)C2=O)c1. The number of imide groups is 1. The molecule has 1 aliphatic heterocycles. The quantitative estimate of drug-likeness (QED) is 0.307. The van der Waals surface area contributed by atoms with Gasteiger partial charge < -0.3 is 10.2 Å². The summed E-state index contributed by atoms with van der Waals surface area (Å²) in [5, 5.41) is 4.17. The minimum Gasteiger partial charge on any atom is -0.336 e. The Morgan fingerprint density at radius 2 is 1.71 bits per heavy atom. The average Bonchev–Trinajstić information content (AvgIpc) is 3.11. The van der Waals surface area contributed by atoms with Crippen LogP contribution in [0.4, 0.5) is 11.4 Å². The van der Waals surface area contributed by atoms with Crippen LogP contribution in [0, 0.1) is 13.8 Å². The molecule has 2 amide bonds. The molecule has 1 fully saturated rings. The van der Waals surface area contributed by atoms with E-state index in [1.54, 1.807) is 23.1 Å². The Morgan fingerprint density at radius 1 is 1.03 bits per heavy atom. The molecule has 0 saturated carbocycles. The number of thiocarbonyl (C=S) groups is 1. The molecule has 1 saturated heterocycles. The Hall–Kier alpha value is -2.93. The molecule has 180 valence electrons. The molecular formula is C27H25Cl2N3O2S. The average molecular weight is 526 g/mol. The Kier molecular flexibility index (Phi) is 7.75. The second-order valence-electron chi connectivity index (χ2n) is 8.54. The molecule has 1 atom stereocenters. The highest BCUT2D eigenvalue weighted by atomic mass is 35.5. The van der Waals surface area contributed by atoms with Gasteiger partial charge in [-0.2, -0.15) is 0 Å². The minimum atomic E-state index is -0.774. The molecule has 0 spiro atoms. The predicted octanol–water partition coefficient (Wildman–Crippen LogP) is 6.18. The lowest BCUT2D eigenvalue weighted by Crippen LogP contribution is -2.48. The number of hydrogen-bond acceptors (Lipinski definition) is 3. The number of halogens is 2. The van der Waals surface area contributed by atoms with E-state index in [1.807, 2.05) is 62.4 Å². The van der Waals surface area contributed by atoms with Crippen LogP contribution in [0.5, 0.6) is 0 Å². The molecule has 0 bridgehead atoms. The van der Waals surface area contributed by atoms with E-state index in [0.717, 1.165) is 27.3 Å². The summed E-state index contributed by atoms with van der Waals surface area (Å²) in [6, 6.07) is 20.1. The number of hydrogen-bond donors (Lipinski definition) is 1. The van der Waals surface area contributed by atoms with Gasteiger partial charge in [-0.25, -0.2) is 4.90 Å². The Bertz CT molecular complexity index is 1260. The van der Waals surface area contributed by atoms with Crippen LogP contribution in [-0.2, 0) is 16.0 Å². The largest absolute Gasteiger partial charge is 0.336 e. The molecule has 1 heterocycles. The Morgan fingerprint density at radius 3 is 2.40 bits per heavy atom. The number of para-hydroxylation sites is 1. The Labute approximate surface area is 220 Å². The molecule has 1 aliphatic rings. The molecule has 0 aromatic heterocycles. The van der Waals surface area contributed by atoms with E-state index >= 15 is 0 Å². The number of carbonyl (C=O) groups is 2. The van der Waals surface area contributed by atoms with Gasteiger partial charge in [-0.3, -0.25) is 9.59 Å². The fraction of sp³-hybridized carbons (Fsp3) is 0.222. The van der Waals surface area contributed by atoms with Crippen LogP contribution in [0.25, 0.3) is 0 Å². The highest BCUT2D eigenvalue weighted by Gasteiger charge is 2.44. The second-order valence-corrected chi connectivity index (χ2v) is 9.74. The number of nitrogens with zero attached hydrogens (tertiary/aromatic N) is 2. The van der Waals surface area contributed by atoms with Crippen molar-refractivity contribution in [2.45, 2.75) is 32.7 Å². The maximum absolute atomic E-state index is 13.6. The zero-order chi connectivity index (χ0) is 25.1. The van der Waals surface area contributed by atoms with Gasteiger partial charge in [-0.05, 0) is 67.4 Å². The van der Waals surface area contributed by atoms with Gasteiger partial charge in [0.05, 0.1) is 22.2 Å². The lowest BCUT2D eigenvalue weighted by molar-refractivity contribution is -0.122. The monoisotopic (exact) mass is 525 g/mol. The van der Waals surface area contributed by atoms with Crippen molar-refractivity contribution in [1.29, 1.82) is 0 Å². The molecule has 0 radical (unpaired) electrons. The van der Waals surface area contributed by atoms with E-state index in [1.165, 1.54) is 0 Å². The van der Waals surface area contributed by atoms with Gasteiger partial charge >= 0.3 is 0 Å². The van der Waals surface area contributed by atoms with Crippen molar-refractivity contribution < 1.29 is 9.59 Å². The fourth-order valence-corrected chi connectivity index (χ4v) is 5.04. The first kappa shape index (κ1) is 25.2. The molecule has 3 aromatic rings. The fourth-order valence-electron chi connectivity index (χ4n) is 4.15. The number of aryl methyl sites for hydroxylation is 2. The first-order chi connectivity index (χ1) is 16.8. The number of rotatable bonds is 6. The van der Waals surface area contributed by atoms with Crippen LogP contribution in [0.1, 0.15) is 23.1 Å². The summed E-state index contributed by atoms with van der Waals surface area (Å²) in [7, 11) is 0. The van der Waals surface area contributed by atoms with Crippen molar-refractivity contribution in [3.05, 3.63) is 93.5 Å². The second kappa shape index (κ2) is 10.8. The smallest absolute Gasteiger partial charge is 0.257 e. The van der Waals surface area contributed by atoms with Crippen LogP contribution in [0.15, 0.2) is 66.7 Å². The van der Waals surface area contributed by atoms with Gasteiger partial charge in [0.25, 0.3) is 5.91 Å². The summed E-state index contributed by atoms with van der Waals surface area (Å²) in [5.74, 6) is -0.766. The zero-order valence-electron chi connectivity index (χ0n) is 19.4. The summed E-state index contributed by atoms with van der Waals surface area (Å²) in [4.78, 5) is 29.6. The van der Waals surface area contributed by atoms with Crippen molar-refractivity contribution in [1.82, 2.24) is 4.90 Å². The molecular weight excluding hydrogens is 501 g/mol. The summed E-state index contributed by atoms with van der Waals surface area (Å²) in [6.07, 6.45) is 0.629. The summed E-state index contributed by atoms with van der Waals surface area (Å²) < 4.78 is 0. The predicted molar refractivity (Wildman–Crippen MR) is 146 cm³/mol. The van der Waals surface area contributed by atoms with E-state index in [9.17, 15) is 9.59 Å². The maximum Gasteiger partial charge on any atom is 0.257 e. The van der Waals surface area contributed by atoms with E-state index in [4.69, 9.17) is 35.4 Å². The van der Waals surface area contributed by atoms with Crippen molar-refractivity contribution >= 4 is 63.7 Å². The molecule has 0 aliphatic carbocycles. The molecule has 4 rings (SSSR count). The topological polar surface area (TPSA) is 52.7 Å². The number of anilines is 2. The van der Waals surface area contributed by atoms with Crippen LogP contribution in [-0.4, -0.2) is 34.4 Å². The van der Waals surface area contributed by atoms with Gasteiger partial charge in [-0.15, -0.1) is 0 Å². The molecule has 1 N–H and O–H groups in total. The van der Waals surface area contributed by atoms with Gasteiger partial charge in [0.2, 0.25) is 5.91 Å². The number of carbonyl (C=O) groups excluding carboxylic acids is 2. The van der Waals surface area contributed by atoms with Crippen molar-refractivity contribution in [3.63, 3.8) is 0 Å². The highest BCUT2D eigenvalue weighted by Crippen LogP contribution is 2.37. The standard InChI is InChI=1S/C27H25Cl2N3O2S/c1-17-11-12-18(2)22(15-17)30-27(35)31(14-13-19-7-4-3-5-8-19)23-16-24(33)32(26(23)34)25-20(28)9-6-10-21(25)29/h3-12,15,23H,13-14,16H2,1-2H3,(H,30,35)/t23-/m0/s1. The number of amides is 2. The number of benzene rings is 3. The van der Waals surface area contributed by atoms with Crippen molar-refractivity contribution in [3.8, 4) is 0 Å². The highest BCUT2D eigenvalue weighted by molar-refractivity contribution is 7.80. The summed E-state index contributed by atoms with van der Waals surface area (Å²) in [5.41, 5.74) is 4.30. The van der Waals surface area contributed by atoms with Crippen LogP contribution < -0.4 is 10.2 Å². The molecule has 35 heavy (non-hydrogen) atoms. The maximum atomic E-state index is 13.6. The van der Waals surface area contributed by atoms with Crippen molar-refractivity contribution in [2.75, 3.05) is 16.8 Å². The van der Waals surface area contributed by atoms with E-state index in [2.05, 4.69) is 5.32 Å². The molecule has 8 heteroatoms. The van der Waals surface area contributed by atoms with E-state index in [0.29, 0.717) is 18.1 Å². The summed E-state index contributed by atoms with van der Waals surface area (Å²) in [6.45, 7) is 4.45. The summed E-state index contributed by atoms with van der Waals surface area (Å²) >= 11 is 18.4. The van der Waals surface area contributed by atoms with Gasteiger partial charge in [0.1, 0.15) is 6.04 Å². The first-order valence-electron chi connectivity index (χ1n) is 11.3. The van der Waals surface area contributed by atoms with Crippen LogP contribution in [0.3, 0.4) is 0 Å². The lowest BCUT2D eigenvalue weighted by atomic mass is 10.1. The number of nitrogens with one attached hydrogen (secondary N) is 1. The normalized spacial score (nSPS) is 15.4. The lowest BCUT2D eigenvalue weighted by Gasteiger charge is -2.31. The molecule has 0 unspecified atom stereocenters. The minimum absolute atomic E-state index is 0.0240. The third-order valence-electron chi connectivity index (χ3n) is 6.04. The van der Waals surface area contributed by atoms with Crippen LogP contribution in [0.2, 0.25) is 10.0 Å². The van der Waals surface area contributed by atoms with Gasteiger partial charge in [0.15, 0.2) is 5.11 Å². The zero-order valence-corrected chi connectivity index (χ0v) is 21.8. The van der Waals surface area contributed by atoms with Crippen LogP contribution >= 0.6 is 35.4 Å². The van der Waals surface area contributed by atoms with E-state index in [-0.39, 0.29) is 28.1 Å². The third kappa shape index (κ3) is 5.50. The van der Waals surface area contributed by atoms with Crippen molar-refractivity contribution in [2.24, 2.45) is 0 Å². The Balaban J connectivity index is 1.64.